The summed E-state index contributed by atoms with van der Waals surface area (Å²) in [6.07, 6.45) is 2.83. The van der Waals surface area contributed by atoms with Crippen molar-refractivity contribution >= 4 is 0 Å². The SMILES string of the molecule is CC(Cc1nccc(C(C)(C)C)n1)N1CCNCC1. The van der Waals surface area contributed by atoms with Gasteiger partial charge >= 0.3 is 0 Å². The molecule has 19 heavy (non-hydrogen) atoms. The van der Waals surface area contributed by atoms with Crippen LogP contribution in [0.5, 0.6) is 0 Å². The van der Waals surface area contributed by atoms with Gasteiger partial charge < -0.3 is 5.32 Å². The van der Waals surface area contributed by atoms with Crippen LogP contribution in [0.4, 0.5) is 0 Å². The zero-order valence-electron chi connectivity index (χ0n) is 12.6. The molecule has 0 radical (unpaired) electrons. The van der Waals surface area contributed by atoms with Crippen molar-refractivity contribution in [3.63, 3.8) is 0 Å². The number of rotatable bonds is 3. The Bertz CT molecular complexity index is 405. The van der Waals surface area contributed by atoms with Gasteiger partial charge in [0.1, 0.15) is 5.82 Å². The topological polar surface area (TPSA) is 41.1 Å². The maximum atomic E-state index is 4.73. The summed E-state index contributed by atoms with van der Waals surface area (Å²) < 4.78 is 0. The molecule has 1 aliphatic rings. The number of hydrogen-bond acceptors (Lipinski definition) is 4. The van der Waals surface area contributed by atoms with Gasteiger partial charge in [0.05, 0.1) is 0 Å². The van der Waals surface area contributed by atoms with Gasteiger partial charge in [0.15, 0.2) is 0 Å². The minimum Gasteiger partial charge on any atom is -0.314 e. The second-order valence-corrected chi connectivity index (χ2v) is 6.45. The van der Waals surface area contributed by atoms with Gasteiger partial charge in [-0.3, -0.25) is 4.90 Å². The third kappa shape index (κ3) is 3.98. The van der Waals surface area contributed by atoms with Crippen LogP contribution in [0.3, 0.4) is 0 Å². The van der Waals surface area contributed by atoms with Gasteiger partial charge in [-0.25, -0.2) is 9.97 Å². The third-order valence-electron chi connectivity index (χ3n) is 3.73. The molecule has 1 aromatic rings. The molecule has 1 aromatic heterocycles. The van der Waals surface area contributed by atoms with E-state index in [-0.39, 0.29) is 5.41 Å². The van der Waals surface area contributed by atoms with Crippen molar-refractivity contribution in [1.29, 1.82) is 0 Å². The molecule has 1 N–H and O–H groups in total. The Morgan fingerprint density at radius 2 is 2.00 bits per heavy atom. The summed E-state index contributed by atoms with van der Waals surface area (Å²) in [5, 5.41) is 3.39. The predicted octanol–water partition coefficient (Wildman–Crippen LogP) is 1.61. The summed E-state index contributed by atoms with van der Waals surface area (Å²) in [5.74, 6) is 0.971. The Morgan fingerprint density at radius 1 is 1.32 bits per heavy atom. The van der Waals surface area contributed by atoms with Gasteiger partial charge in [0.2, 0.25) is 0 Å². The molecule has 106 valence electrons. The highest BCUT2D eigenvalue weighted by atomic mass is 15.2. The van der Waals surface area contributed by atoms with E-state index >= 15 is 0 Å². The van der Waals surface area contributed by atoms with E-state index in [4.69, 9.17) is 4.98 Å². The van der Waals surface area contributed by atoms with Crippen LogP contribution in [0.2, 0.25) is 0 Å². The fraction of sp³-hybridized carbons (Fsp3) is 0.733. The van der Waals surface area contributed by atoms with Gasteiger partial charge in [0, 0.05) is 55.9 Å². The molecule has 4 heteroatoms. The lowest BCUT2D eigenvalue weighted by atomic mass is 9.92. The van der Waals surface area contributed by atoms with Crippen LogP contribution < -0.4 is 5.32 Å². The molecule has 1 atom stereocenters. The molecular weight excluding hydrogens is 236 g/mol. The van der Waals surface area contributed by atoms with Crippen LogP contribution in [0.1, 0.15) is 39.2 Å². The number of aromatic nitrogens is 2. The summed E-state index contributed by atoms with van der Waals surface area (Å²) in [5.41, 5.74) is 1.22. The zero-order valence-corrected chi connectivity index (χ0v) is 12.6. The van der Waals surface area contributed by atoms with E-state index in [1.807, 2.05) is 12.3 Å². The fourth-order valence-electron chi connectivity index (χ4n) is 2.43. The number of nitrogens with one attached hydrogen (secondary N) is 1. The minimum absolute atomic E-state index is 0.0932. The lowest BCUT2D eigenvalue weighted by Crippen LogP contribution is -2.48. The van der Waals surface area contributed by atoms with Gasteiger partial charge in [-0.2, -0.15) is 0 Å². The Hall–Kier alpha value is -1.00. The Labute approximate surface area is 116 Å². The van der Waals surface area contributed by atoms with Crippen LogP contribution in [0, 0.1) is 0 Å². The molecule has 0 bridgehead atoms. The minimum atomic E-state index is 0.0932. The predicted molar refractivity (Wildman–Crippen MR) is 78.3 cm³/mol. The van der Waals surface area contributed by atoms with Gasteiger partial charge in [-0.15, -0.1) is 0 Å². The van der Waals surface area contributed by atoms with E-state index in [9.17, 15) is 0 Å². The smallest absolute Gasteiger partial charge is 0.130 e. The van der Waals surface area contributed by atoms with Crippen LogP contribution in [-0.2, 0) is 11.8 Å². The van der Waals surface area contributed by atoms with E-state index in [0.717, 1.165) is 44.1 Å². The molecule has 0 aromatic carbocycles. The van der Waals surface area contributed by atoms with E-state index < -0.39 is 0 Å². The maximum absolute atomic E-state index is 4.73. The van der Waals surface area contributed by atoms with Gasteiger partial charge in [-0.1, -0.05) is 20.8 Å². The largest absolute Gasteiger partial charge is 0.314 e. The molecule has 2 rings (SSSR count). The molecule has 1 unspecified atom stereocenters. The van der Waals surface area contributed by atoms with E-state index in [0.29, 0.717) is 6.04 Å². The molecular formula is C15H26N4. The first kappa shape index (κ1) is 14.4. The first-order valence-electron chi connectivity index (χ1n) is 7.24. The van der Waals surface area contributed by atoms with E-state index in [1.54, 1.807) is 0 Å². The molecule has 1 fully saturated rings. The van der Waals surface area contributed by atoms with E-state index in [1.165, 1.54) is 0 Å². The quantitative estimate of drug-likeness (QED) is 0.898. The van der Waals surface area contributed by atoms with Gasteiger partial charge in [-0.05, 0) is 13.0 Å². The lowest BCUT2D eigenvalue weighted by Gasteiger charge is -2.32. The van der Waals surface area contributed by atoms with Crippen molar-refractivity contribution in [2.75, 3.05) is 26.2 Å². The summed E-state index contributed by atoms with van der Waals surface area (Å²) in [7, 11) is 0. The zero-order chi connectivity index (χ0) is 13.9. The number of hydrogen-bond donors (Lipinski definition) is 1. The normalized spacial score (nSPS) is 19.4. The Morgan fingerprint density at radius 3 is 2.63 bits per heavy atom. The molecule has 2 heterocycles. The molecule has 4 nitrogen and oxygen atoms in total. The standard InChI is InChI=1S/C15H26N4/c1-12(19-9-7-16-8-10-19)11-14-17-6-5-13(18-14)15(2,3)4/h5-6,12,16H,7-11H2,1-4H3. The highest BCUT2D eigenvalue weighted by Crippen LogP contribution is 2.19. The van der Waals surface area contributed by atoms with Crippen molar-refractivity contribution in [2.45, 2.75) is 45.6 Å². The van der Waals surface area contributed by atoms with Crippen molar-refractivity contribution in [3.05, 3.63) is 23.8 Å². The third-order valence-corrected chi connectivity index (χ3v) is 3.73. The average molecular weight is 262 g/mol. The lowest BCUT2D eigenvalue weighted by molar-refractivity contribution is 0.181. The first-order valence-corrected chi connectivity index (χ1v) is 7.24. The summed E-state index contributed by atoms with van der Waals surface area (Å²) in [6.45, 7) is 13.3. The van der Waals surface area contributed by atoms with Crippen LogP contribution in [0.15, 0.2) is 12.3 Å². The summed E-state index contributed by atoms with van der Waals surface area (Å²) >= 11 is 0. The van der Waals surface area contributed by atoms with Crippen LogP contribution in [-0.4, -0.2) is 47.1 Å². The van der Waals surface area contributed by atoms with Crippen LogP contribution >= 0.6 is 0 Å². The van der Waals surface area contributed by atoms with Crippen molar-refractivity contribution in [3.8, 4) is 0 Å². The van der Waals surface area contributed by atoms with Crippen molar-refractivity contribution in [2.24, 2.45) is 0 Å². The second kappa shape index (κ2) is 5.97. The Balaban J connectivity index is 2.02. The molecule has 0 amide bonds. The fourth-order valence-corrected chi connectivity index (χ4v) is 2.43. The Kier molecular flexibility index (Phi) is 4.53. The highest BCUT2D eigenvalue weighted by molar-refractivity contribution is 5.12. The highest BCUT2D eigenvalue weighted by Gasteiger charge is 2.20. The summed E-state index contributed by atoms with van der Waals surface area (Å²) in [4.78, 5) is 11.7. The van der Waals surface area contributed by atoms with E-state index in [2.05, 4.69) is 42.9 Å². The first-order chi connectivity index (χ1) is 8.97. The molecule has 0 spiro atoms. The molecule has 1 aliphatic heterocycles. The monoisotopic (exact) mass is 262 g/mol. The molecule has 1 saturated heterocycles. The second-order valence-electron chi connectivity index (χ2n) is 6.45. The summed E-state index contributed by atoms with van der Waals surface area (Å²) in [6, 6.07) is 2.54. The van der Waals surface area contributed by atoms with Crippen LogP contribution in [0.25, 0.3) is 0 Å². The molecule has 0 aliphatic carbocycles. The van der Waals surface area contributed by atoms with Crippen molar-refractivity contribution in [1.82, 2.24) is 20.2 Å². The number of nitrogens with zero attached hydrogens (tertiary/aromatic N) is 3. The average Bonchev–Trinajstić information content (AvgIpc) is 2.39. The maximum Gasteiger partial charge on any atom is 0.130 e. The number of piperazine rings is 1. The van der Waals surface area contributed by atoms with Crippen molar-refractivity contribution < 1.29 is 0 Å². The molecule has 0 saturated carbocycles. The van der Waals surface area contributed by atoms with Gasteiger partial charge in [0.25, 0.3) is 0 Å².